The Balaban J connectivity index is 2.63. The molecular weight excluding hydrogens is 236 g/mol. The molecule has 18 heavy (non-hydrogen) atoms. The second kappa shape index (κ2) is 5.90. The van der Waals surface area contributed by atoms with Crippen LogP contribution in [0.1, 0.15) is 17.3 Å². The van der Waals surface area contributed by atoms with Crippen molar-refractivity contribution in [2.45, 2.75) is 6.92 Å². The number of hydrogen-bond acceptors (Lipinski definition) is 4. The molecular formula is C12H16N2O4. The van der Waals surface area contributed by atoms with E-state index >= 15 is 0 Å². The first-order valence-corrected chi connectivity index (χ1v) is 5.49. The zero-order valence-corrected chi connectivity index (χ0v) is 10.3. The minimum absolute atomic E-state index is 0.0137. The molecule has 98 valence electrons. The number of likely N-dealkylation sites (N-methyl/N-ethyl adjacent to an activating group) is 1. The van der Waals surface area contributed by atoms with Crippen molar-refractivity contribution in [3.05, 3.63) is 23.8 Å². The summed E-state index contributed by atoms with van der Waals surface area (Å²) in [6.45, 7) is 2.24. The molecule has 0 unspecified atom stereocenters. The molecule has 0 spiro atoms. The molecule has 0 aliphatic carbocycles. The first kappa shape index (κ1) is 13.8. The Bertz CT molecular complexity index is 459. The fraction of sp³-hybridized carbons (Fsp3) is 0.333. The maximum Gasteiger partial charge on any atom is 0.255 e. The van der Waals surface area contributed by atoms with E-state index in [0.717, 1.165) is 6.07 Å². The summed E-state index contributed by atoms with van der Waals surface area (Å²) < 4.78 is 0. The van der Waals surface area contributed by atoms with Crippen molar-refractivity contribution in [1.82, 2.24) is 10.2 Å². The van der Waals surface area contributed by atoms with Crippen LogP contribution in [0.15, 0.2) is 18.2 Å². The average molecular weight is 252 g/mol. The van der Waals surface area contributed by atoms with Crippen molar-refractivity contribution in [3.8, 4) is 11.5 Å². The van der Waals surface area contributed by atoms with Gasteiger partial charge in [0.1, 0.15) is 11.5 Å². The van der Waals surface area contributed by atoms with E-state index in [9.17, 15) is 14.7 Å². The van der Waals surface area contributed by atoms with Crippen molar-refractivity contribution < 1.29 is 19.8 Å². The van der Waals surface area contributed by atoms with Gasteiger partial charge in [0.25, 0.3) is 5.91 Å². The van der Waals surface area contributed by atoms with E-state index in [2.05, 4.69) is 5.32 Å². The van der Waals surface area contributed by atoms with E-state index in [1.807, 2.05) is 6.92 Å². The van der Waals surface area contributed by atoms with Crippen LogP contribution in [0.4, 0.5) is 0 Å². The standard InChI is InChI=1S/C12H16N2O4/c1-3-14(2)11(17)7-13-12(18)9-5-4-8(15)6-10(9)16/h4-6,15-16H,3,7H2,1-2H3,(H,13,18). The molecule has 0 heterocycles. The molecule has 0 bridgehead atoms. The Morgan fingerprint density at radius 3 is 2.56 bits per heavy atom. The number of rotatable bonds is 4. The molecule has 6 nitrogen and oxygen atoms in total. The first-order chi connectivity index (χ1) is 8.45. The van der Waals surface area contributed by atoms with Crippen LogP contribution >= 0.6 is 0 Å². The predicted octanol–water partition coefficient (Wildman–Crippen LogP) is 0.306. The third-order valence-corrected chi connectivity index (χ3v) is 2.53. The Kier molecular flexibility index (Phi) is 4.53. The van der Waals surface area contributed by atoms with Crippen molar-refractivity contribution in [2.24, 2.45) is 0 Å². The van der Waals surface area contributed by atoms with Gasteiger partial charge in [-0.3, -0.25) is 9.59 Å². The average Bonchev–Trinajstić information content (AvgIpc) is 2.34. The van der Waals surface area contributed by atoms with Crippen molar-refractivity contribution >= 4 is 11.8 Å². The van der Waals surface area contributed by atoms with Crippen LogP contribution in [0, 0.1) is 0 Å². The smallest absolute Gasteiger partial charge is 0.255 e. The number of nitrogens with zero attached hydrogens (tertiary/aromatic N) is 1. The predicted molar refractivity (Wildman–Crippen MR) is 65.4 cm³/mol. The number of aromatic hydroxyl groups is 2. The molecule has 0 aliphatic heterocycles. The minimum Gasteiger partial charge on any atom is -0.508 e. The highest BCUT2D eigenvalue weighted by molar-refractivity contribution is 5.98. The summed E-state index contributed by atoms with van der Waals surface area (Å²) in [5.74, 6) is -1.25. The molecule has 0 aromatic heterocycles. The van der Waals surface area contributed by atoms with Crippen molar-refractivity contribution in [1.29, 1.82) is 0 Å². The molecule has 6 heteroatoms. The fourth-order valence-corrected chi connectivity index (χ4v) is 1.27. The number of carbonyl (C=O) groups is 2. The number of benzene rings is 1. The number of phenols is 2. The minimum atomic E-state index is -0.564. The van der Waals surface area contributed by atoms with Crippen molar-refractivity contribution in [2.75, 3.05) is 20.1 Å². The van der Waals surface area contributed by atoms with E-state index in [0.29, 0.717) is 6.54 Å². The maximum atomic E-state index is 11.7. The summed E-state index contributed by atoms with van der Waals surface area (Å²) in [6, 6.07) is 3.64. The van der Waals surface area contributed by atoms with Gasteiger partial charge in [-0.1, -0.05) is 0 Å². The van der Waals surface area contributed by atoms with Crippen LogP contribution in [0.3, 0.4) is 0 Å². The topological polar surface area (TPSA) is 89.9 Å². The molecule has 0 aliphatic rings. The van der Waals surface area contributed by atoms with Gasteiger partial charge >= 0.3 is 0 Å². The lowest BCUT2D eigenvalue weighted by atomic mass is 10.2. The number of nitrogens with one attached hydrogen (secondary N) is 1. The lowest BCUT2D eigenvalue weighted by molar-refractivity contribution is -0.128. The molecule has 3 N–H and O–H groups in total. The monoisotopic (exact) mass is 252 g/mol. The van der Waals surface area contributed by atoms with Crippen LogP contribution in [0.2, 0.25) is 0 Å². The second-order valence-electron chi connectivity index (χ2n) is 3.79. The normalized spacial score (nSPS) is 9.89. The maximum absolute atomic E-state index is 11.7. The molecule has 0 saturated carbocycles. The summed E-state index contributed by atoms with van der Waals surface area (Å²) in [7, 11) is 1.63. The summed E-state index contributed by atoms with van der Waals surface area (Å²) >= 11 is 0. The molecule has 0 saturated heterocycles. The van der Waals surface area contributed by atoms with Gasteiger partial charge in [0.15, 0.2) is 0 Å². The number of phenolic OH excluding ortho intramolecular Hbond substituents is 2. The molecule has 2 amide bonds. The molecule has 0 fully saturated rings. The van der Waals surface area contributed by atoms with Gasteiger partial charge in [-0.05, 0) is 19.1 Å². The molecule has 0 radical (unpaired) electrons. The van der Waals surface area contributed by atoms with Crippen molar-refractivity contribution in [3.63, 3.8) is 0 Å². The SMILES string of the molecule is CCN(C)C(=O)CNC(=O)c1ccc(O)cc1O. The summed E-state index contributed by atoms with van der Waals surface area (Å²) in [5.41, 5.74) is 0.0137. The van der Waals surface area contributed by atoms with Crippen LogP contribution in [-0.2, 0) is 4.79 Å². The Morgan fingerprint density at radius 2 is 2.00 bits per heavy atom. The second-order valence-corrected chi connectivity index (χ2v) is 3.79. The van der Waals surface area contributed by atoms with Crippen LogP contribution in [0.25, 0.3) is 0 Å². The lowest BCUT2D eigenvalue weighted by Gasteiger charge is -2.14. The quantitative estimate of drug-likeness (QED) is 0.719. The van der Waals surface area contributed by atoms with E-state index in [-0.39, 0.29) is 29.5 Å². The highest BCUT2D eigenvalue weighted by atomic mass is 16.3. The largest absolute Gasteiger partial charge is 0.508 e. The Labute approximate surface area is 105 Å². The highest BCUT2D eigenvalue weighted by Crippen LogP contribution is 2.22. The number of hydrogen-bond donors (Lipinski definition) is 3. The third kappa shape index (κ3) is 3.38. The van der Waals surface area contributed by atoms with Gasteiger partial charge in [-0.25, -0.2) is 0 Å². The summed E-state index contributed by atoms with van der Waals surface area (Å²) in [4.78, 5) is 24.6. The van der Waals surface area contributed by atoms with Gasteiger partial charge in [0.2, 0.25) is 5.91 Å². The summed E-state index contributed by atoms with van der Waals surface area (Å²) in [5, 5.41) is 21.0. The van der Waals surface area contributed by atoms with Gasteiger partial charge in [-0.2, -0.15) is 0 Å². The van der Waals surface area contributed by atoms with Crippen LogP contribution in [-0.4, -0.2) is 47.1 Å². The van der Waals surface area contributed by atoms with Gasteiger partial charge in [-0.15, -0.1) is 0 Å². The molecule has 1 aromatic rings. The van der Waals surface area contributed by atoms with Gasteiger partial charge in [0.05, 0.1) is 12.1 Å². The Morgan fingerprint density at radius 1 is 1.33 bits per heavy atom. The Hall–Kier alpha value is -2.24. The molecule has 1 aromatic carbocycles. The summed E-state index contributed by atoms with van der Waals surface area (Å²) in [6.07, 6.45) is 0. The van der Waals surface area contributed by atoms with E-state index in [1.54, 1.807) is 7.05 Å². The lowest BCUT2D eigenvalue weighted by Crippen LogP contribution is -2.37. The molecule has 1 rings (SSSR count). The van der Waals surface area contributed by atoms with E-state index < -0.39 is 5.91 Å². The third-order valence-electron chi connectivity index (χ3n) is 2.53. The molecule has 0 atom stereocenters. The van der Waals surface area contributed by atoms with Gasteiger partial charge < -0.3 is 20.4 Å². The van der Waals surface area contributed by atoms with Crippen LogP contribution < -0.4 is 5.32 Å². The first-order valence-electron chi connectivity index (χ1n) is 5.49. The number of amides is 2. The fourth-order valence-electron chi connectivity index (χ4n) is 1.27. The van der Waals surface area contributed by atoms with Gasteiger partial charge in [0, 0.05) is 19.7 Å². The number of carbonyl (C=O) groups excluding carboxylic acids is 2. The van der Waals surface area contributed by atoms with Crippen LogP contribution in [0.5, 0.6) is 11.5 Å². The zero-order chi connectivity index (χ0) is 13.7. The highest BCUT2D eigenvalue weighted by Gasteiger charge is 2.13. The van der Waals surface area contributed by atoms with E-state index in [1.165, 1.54) is 17.0 Å². The zero-order valence-electron chi connectivity index (χ0n) is 10.3. The van der Waals surface area contributed by atoms with E-state index in [4.69, 9.17) is 5.11 Å².